The molecule has 1 aromatic carbocycles. The molecule has 8 heteroatoms. The van der Waals surface area contributed by atoms with E-state index in [9.17, 15) is 9.59 Å². The normalized spacial score (nSPS) is 11.0. The van der Waals surface area contributed by atoms with Gasteiger partial charge in [0.2, 0.25) is 0 Å². The fourth-order valence-corrected chi connectivity index (χ4v) is 3.84. The van der Waals surface area contributed by atoms with Crippen LogP contribution in [0.2, 0.25) is 5.02 Å². The van der Waals surface area contributed by atoms with Crippen molar-refractivity contribution in [2.45, 2.75) is 6.54 Å². The van der Waals surface area contributed by atoms with Gasteiger partial charge in [0.05, 0.1) is 22.4 Å². The summed E-state index contributed by atoms with van der Waals surface area (Å²) in [4.78, 5) is 32.5. The third-order valence-corrected chi connectivity index (χ3v) is 5.36. The number of carbonyl (C=O) groups excluding carboxylic acids is 1. The minimum atomic E-state index is -0.651. The molecule has 0 aliphatic heterocycles. The molecule has 0 saturated heterocycles. The van der Waals surface area contributed by atoms with Crippen molar-refractivity contribution >= 4 is 39.1 Å². The lowest BCUT2D eigenvalue weighted by Gasteiger charge is -2.07. The standard InChI is InChI=1S/C19H12ClN4O2S/c20-12-6-4-11(5-7-12)9-24-10-22-19(26)17-15(24)8-16(27-17)13-2-1-3-14(23-13)18(21)25/h1-2,4-8,10H,9H2,(H2,21,25). The van der Waals surface area contributed by atoms with Crippen molar-refractivity contribution in [1.29, 1.82) is 0 Å². The zero-order chi connectivity index (χ0) is 19.0. The molecule has 0 saturated carbocycles. The summed E-state index contributed by atoms with van der Waals surface area (Å²) in [7, 11) is 0. The SMILES string of the molecule is NC(=O)c1[c]ccc(-c2cc3c(s2)c(=O)ncn3Cc2ccc(Cl)cc2)n1. The number of rotatable bonds is 4. The molecule has 0 aliphatic rings. The average Bonchev–Trinajstić information content (AvgIpc) is 3.12. The first-order valence-corrected chi connectivity index (χ1v) is 9.13. The van der Waals surface area contributed by atoms with E-state index in [1.54, 1.807) is 12.1 Å². The van der Waals surface area contributed by atoms with Crippen LogP contribution in [0.15, 0.2) is 53.6 Å². The Labute approximate surface area is 162 Å². The van der Waals surface area contributed by atoms with Gasteiger partial charge in [-0.2, -0.15) is 4.98 Å². The molecule has 6 nitrogen and oxygen atoms in total. The van der Waals surface area contributed by atoms with E-state index in [0.29, 0.717) is 22.0 Å². The predicted molar refractivity (Wildman–Crippen MR) is 105 cm³/mol. The number of benzene rings is 1. The van der Waals surface area contributed by atoms with Crippen LogP contribution < -0.4 is 11.3 Å². The number of amides is 1. The summed E-state index contributed by atoms with van der Waals surface area (Å²) in [6.45, 7) is 0.541. The third-order valence-electron chi connectivity index (χ3n) is 3.98. The number of primary amides is 1. The first-order valence-electron chi connectivity index (χ1n) is 7.93. The van der Waals surface area contributed by atoms with Gasteiger partial charge in [-0.25, -0.2) is 4.98 Å². The summed E-state index contributed by atoms with van der Waals surface area (Å²) in [5, 5.41) is 0.664. The summed E-state index contributed by atoms with van der Waals surface area (Å²) in [6, 6.07) is 15.4. The monoisotopic (exact) mass is 395 g/mol. The van der Waals surface area contributed by atoms with Crippen molar-refractivity contribution in [2.75, 3.05) is 0 Å². The molecular weight excluding hydrogens is 384 g/mol. The molecule has 3 aromatic heterocycles. The molecule has 3 heterocycles. The van der Waals surface area contributed by atoms with Crippen LogP contribution in [0, 0.1) is 6.07 Å². The topological polar surface area (TPSA) is 90.9 Å². The maximum absolute atomic E-state index is 12.2. The van der Waals surface area contributed by atoms with Crippen molar-refractivity contribution in [1.82, 2.24) is 14.5 Å². The van der Waals surface area contributed by atoms with E-state index >= 15 is 0 Å². The summed E-state index contributed by atoms with van der Waals surface area (Å²) >= 11 is 7.21. The lowest BCUT2D eigenvalue weighted by Crippen LogP contribution is -2.13. The molecule has 0 bridgehead atoms. The number of nitrogens with two attached hydrogens (primary N) is 1. The minimum Gasteiger partial charge on any atom is -0.364 e. The van der Waals surface area contributed by atoms with E-state index in [4.69, 9.17) is 17.3 Å². The molecule has 1 amide bonds. The van der Waals surface area contributed by atoms with E-state index in [2.05, 4.69) is 16.0 Å². The highest BCUT2D eigenvalue weighted by molar-refractivity contribution is 7.22. The van der Waals surface area contributed by atoms with Crippen LogP contribution in [-0.4, -0.2) is 20.4 Å². The van der Waals surface area contributed by atoms with Gasteiger partial charge >= 0.3 is 0 Å². The first-order chi connectivity index (χ1) is 13.0. The highest BCUT2D eigenvalue weighted by Crippen LogP contribution is 2.30. The smallest absolute Gasteiger partial charge is 0.290 e. The van der Waals surface area contributed by atoms with E-state index < -0.39 is 5.91 Å². The molecule has 133 valence electrons. The Kier molecular flexibility index (Phi) is 4.47. The number of pyridine rings is 1. The maximum Gasteiger partial charge on any atom is 0.290 e. The third kappa shape index (κ3) is 3.47. The van der Waals surface area contributed by atoms with E-state index in [1.165, 1.54) is 17.7 Å². The van der Waals surface area contributed by atoms with Crippen molar-refractivity contribution in [2.24, 2.45) is 5.73 Å². The molecule has 0 aliphatic carbocycles. The van der Waals surface area contributed by atoms with Crippen LogP contribution in [0.4, 0.5) is 0 Å². The highest BCUT2D eigenvalue weighted by Gasteiger charge is 2.13. The Morgan fingerprint density at radius 3 is 2.78 bits per heavy atom. The van der Waals surface area contributed by atoms with Crippen LogP contribution in [0.3, 0.4) is 0 Å². The fraction of sp³-hybridized carbons (Fsp3) is 0.0526. The lowest BCUT2D eigenvalue weighted by atomic mass is 10.2. The number of thiophene rings is 1. The van der Waals surface area contributed by atoms with Gasteiger partial charge in [-0.05, 0) is 35.9 Å². The Hall–Kier alpha value is -3.03. The van der Waals surface area contributed by atoms with Crippen LogP contribution in [0.25, 0.3) is 20.8 Å². The number of nitrogens with zero attached hydrogens (tertiary/aromatic N) is 3. The molecule has 4 aromatic rings. The van der Waals surface area contributed by atoms with E-state index in [0.717, 1.165) is 16.0 Å². The van der Waals surface area contributed by atoms with E-state index in [-0.39, 0.29) is 11.3 Å². The highest BCUT2D eigenvalue weighted by atomic mass is 35.5. The number of aromatic nitrogens is 3. The van der Waals surface area contributed by atoms with Gasteiger partial charge < -0.3 is 10.3 Å². The van der Waals surface area contributed by atoms with Crippen molar-refractivity contribution in [3.63, 3.8) is 0 Å². The number of fused-ring (bicyclic) bond motifs is 1. The second-order valence-corrected chi connectivity index (χ2v) is 7.31. The zero-order valence-electron chi connectivity index (χ0n) is 13.8. The minimum absolute atomic E-state index is 0.0551. The molecular formula is C19H12ClN4O2S. The Morgan fingerprint density at radius 2 is 2.04 bits per heavy atom. The molecule has 2 N–H and O–H groups in total. The van der Waals surface area contributed by atoms with Crippen LogP contribution >= 0.6 is 22.9 Å². The van der Waals surface area contributed by atoms with Gasteiger partial charge in [-0.3, -0.25) is 9.59 Å². The Morgan fingerprint density at radius 1 is 1.26 bits per heavy atom. The summed E-state index contributed by atoms with van der Waals surface area (Å²) in [6.07, 6.45) is 1.52. The largest absolute Gasteiger partial charge is 0.364 e. The van der Waals surface area contributed by atoms with Crippen LogP contribution in [0.1, 0.15) is 16.1 Å². The van der Waals surface area contributed by atoms with Crippen LogP contribution in [0.5, 0.6) is 0 Å². The van der Waals surface area contributed by atoms with Crippen molar-refractivity contribution < 1.29 is 4.79 Å². The molecule has 0 unspecified atom stereocenters. The van der Waals surface area contributed by atoms with Gasteiger partial charge in [-0.1, -0.05) is 23.7 Å². The average molecular weight is 396 g/mol. The van der Waals surface area contributed by atoms with Gasteiger partial charge in [-0.15, -0.1) is 11.3 Å². The number of hydrogen-bond acceptors (Lipinski definition) is 5. The van der Waals surface area contributed by atoms with Gasteiger partial charge in [0, 0.05) is 17.6 Å². The van der Waals surface area contributed by atoms with Gasteiger partial charge in [0.15, 0.2) is 0 Å². The van der Waals surface area contributed by atoms with E-state index in [1.807, 2.05) is 34.9 Å². The van der Waals surface area contributed by atoms with Gasteiger partial charge in [0.25, 0.3) is 11.5 Å². The Balaban J connectivity index is 1.80. The quantitative estimate of drug-likeness (QED) is 0.574. The Bertz CT molecular complexity index is 1210. The lowest BCUT2D eigenvalue weighted by molar-refractivity contribution is 0.0995. The van der Waals surface area contributed by atoms with Gasteiger partial charge in [0.1, 0.15) is 10.4 Å². The summed E-state index contributed by atoms with van der Waals surface area (Å²) < 4.78 is 2.42. The number of carbonyl (C=O) groups is 1. The first kappa shape index (κ1) is 17.4. The molecule has 1 radical (unpaired) electrons. The van der Waals surface area contributed by atoms with Crippen molar-refractivity contribution in [3.05, 3.63) is 81.5 Å². The number of halogens is 1. The fourth-order valence-electron chi connectivity index (χ4n) is 2.68. The summed E-state index contributed by atoms with van der Waals surface area (Å²) in [5.74, 6) is -0.651. The summed E-state index contributed by atoms with van der Waals surface area (Å²) in [5.41, 5.74) is 7.37. The van der Waals surface area contributed by atoms with Crippen molar-refractivity contribution in [3.8, 4) is 10.6 Å². The zero-order valence-corrected chi connectivity index (χ0v) is 15.4. The second kappa shape index (κ2) is 6.94. The maximum atomic E-state index is 12.2. The molecule has 4 rings (SSSR count). The van der Waals surface area contributed by atoms with Crippen LogP contribution in [-0.2, 0) is 6.54 Å². The predicted octanol–water partition coefficient (Wildman–Crippen LogP) is 3.12. The molecule has 0 fully saturated rings. The molecule has 0 spiro atoms. The number of hydrogen-bond donors (Lipinski definition) is 1. The molecule has 0 atom stereocenters. The second-order valence-electron chi connectivity index (χ2n) is 5.82. The molecule has 27 heavy (non-hydrogen) atoms.